The predicted molar refractivity (Wildman–Crippen MR) is 236 cm³/mol. The van der Waals surface area contributed by atoms with Crippen LogP contribution in [0.4, 0.5) is 5.69 Å². The second-order valence-electron chi connectivity index (χ2n) is 14.5. The maximum atomic E-state index is 12.6. The Morgan fingerprint density at radius 3 is 1.87 bits per heavy atom. The largest absolute Gasteiger partial charge is 1.00 e. The van der Waals surface area contributed by atoms with Gasteiger partial charge in [0.05, 0.1) is 13.2 Å². The number of ketones is 1. The molecular formula is C44H76N6NaO10-. The number of hydrogen-bond acceptors (Lipinski definition) is 11. The van der Waals surface area contributed by atoms with E-state index in [1.54, 1.807) is 38.1 Å². The molecule has 0 saturated heterocycles. The van der Waals surface area contributed by atoms with Gasteiger partial charge in [-0.3, -0.25) is 38.5 Å². The standard InChI is InChI=1S/C25H31N4O7.C9H18O.C4H11N.C4H10O.CH3NO.CH3.Na/c1-17(2)24(28-20(31)6-4-3-5-13-29-22(33)11-12-23(29)34)25(35)26-14-21(32)27-19-9-7-18(8-10-19)15-36-16-30;1-7(2)5-6-9(10)8(3)4;1-3-4-5-2;1-2-3-4-5;2-1-3;;/h7-12,17,24H,3-6,13-15H2,1-2H3,(H,26,35)(H,27,32)(H,28,31);7-8H,5-6H2,1-4H3;5H,3-4H2,1-2H3;5H,2-4H2,1H3;1H,(H2,2,3);1H3;/q-1;;;;;-1;+1. The summed E-state index contributed by atoms with van der Waals surface area (Å²) in [5.41, 5.74) is 5.41. The van der Waals surface area contributed by atoms with Crippen molar-refractivity contribution in [3.05, 3.63) is 49.4 Å². The van der Waals surface area contributed by atoms with Crippen LogP contribution >= 0.6 is 0 Å². The third-order valence-corrected chi connectivity index (χ3v) is 8.03. The number of imide groups is 1. The van der Waals surface area contributed by atoms with Crippen molar-refractivity contribution in [3.63, 3.8) is 0 Å². The quantitative estimate of drug-likeness (QED) is 0.0303. The molecule has 0 radical (unpaired) electrons. The van der Waals surface area contributed by atoms with Gasteiger partial charge < -0.3 is 49.1 Å². The van der Waals surface area contributed by atoms with Crippen LogP contribution in [0.2, 0.25) is 0 Å². The van der Waals surface area contributed by atoms with Crippen molar-refractivity contribution in [1.29, 1.82) is 0 Å². The van der Waals surface area contributed by atoms with Crippen LogP contribution in [0.5, 0.6) is 0 Å². The number of carbonyl (C=O) groups excluding carboxylic acids is 8. The molecule has 1 unspecified atom stereocenters. The summed E-state index contributed by atoms with van der Waals surface area (Å²) in [6.45, 7) is 18.9. The Labute approximate surface area is 388 Å². The van der Waals surface area contributed by atoms with Gasteiger partial charge in [0.1, 0.15) is 11.8 Å². The van der Waals surface area contributed by atoms with E-state index in [0.717, 1.165) is 42.7 Å². The number of nitrogens with zero attached hydrogens (tertiary/aromatic N) is 1. The minimum absolute atomic E-state index is 0. The number of carbonyl (C=O) groups is 7. The second kappa shape index (κ2) is 44.1. The molecule has 0 saturated carbocycles. The van der Waals surface area contributed by atoms with Gasteiger partial charge in [0.15, 0.2) is 0 Å². The SMILES string of the molecule is CC(C)C(NC(=O)CCCCCN1C(=O)C=CC1=O)C(=O)NCC(=O)Nc1ccc(CO[C-]=O)cc1.CC(C)CCC(=O)C(C)C.CCCCO.CCCNC.NC=O.[CH3-].[Na+]. The summed E-state index contributed by atoms with van der Waals surface area (Å²) < 4.78 is 4.54. The maximum Gasteiger partial charge on any atom is 1.00 e. The van der Waals surface area contributed by atoms with Crippen LogP contribution in [0, 0.1) is 25.2 Å². The number of anilines is 1. The molecule has 0 bridgehead atoms. The van der Waals surface area contributed by atoms with Crippen molar-refractivity contribution in [1.82, 2.24) is 20.9 Å². The fourth-order valence-electron chi connectivity index (χ4n) is 4.57. The fourth-order valence-corrected chi connectivity index (χ4v) is 4.57. The molecule has 0 aliphatic carbocycles. The molecule has 1 heterocycles. The predicted octanol–water partition coefficient (Wildman–Crippen LogP) is 1.55. The summed E-state index contributed by atoms with van der Waals surface area (Å²) >= 11 is 0. The smallest absolute Gasteiger partial charge is 0.650 e. The molecular weight excluding hydrogens is 796 g/mol. The number of primary amides is 1. The van der Waals surface area contributed by atoms with Gasteiger partial charge in [-0.05, 0) is 75.2 Å². The molecule has 0 fully saturated rings. The number of nitrogens with one attached hydrogen (secondary N) is 4. The first-order valence-electron chi connectivity index (χ1n) is 20.4. The van der Waals surface area contributed by atoms with E-state index < -0.39 is 17.9 Å². The first kappa shape index (κ1) is 66.1. The first-order valence-corrected chi connectivity index (χ1v) is 20.4. The zero-order chi connectivity index (χ0) is 45.6. The third kappa shape index (κ3) is 38.7. The zero-order valence-electron chi connectivity index (χ0n) is 38.9. The van der Waals surface area contributed by atoms with Gasteiger partial charge in [-0.2, -0.15) is 0 Å². The van der Waals surface area contributed by atoms with Gasteiger partial charge in [-0.15, -0.1) is 0 Å². The van der Waals surface area contributed by atoms with Gasteiger partial charge in [0, 0.05) is 49.8 Å². The fraction of sp³-hybridized carbons (Fsp3) is 0.614. The summed E-state index contributed by atoms with van der Waals surface area (Å²) in [6, 6.07) is 5.83. The number of aliphatic hydroxyl groups is 1. The third-order valence-electron chi connectivity index (χ3n) is 8.03. The molecule has 7 N–H and O–H groups in total. The zero-order valence-corrected chi connectivity index (χ0v) is 40.9. The number of ether oxygens (including phenoxy) is 1. The van der Waals surface area contributed by atoms with Crippen LogP contribution < -0.4 is 56.6 Å². The van der Waals surface area contributed by atoms with Crippen molar-refractivity contribution < 1.29 is 77.8 Å². The van der Waals surface area contributed by atoms with Gasteiger partial charge in [-0.1, -0.05) is 86.8 Å². The summed E-state index contributed by atoms with van der Waals surface area (Å²) in [6.07, 6.45) is 9.77. The van der Waals surface area contributed by atoms with Crippen molar-refractivity contribution in [2.45, 2.75) is 126 Å². The molecule has 1 atom stereocenters. The average molecular weight is 872 g/mol. The van der Waals surface area contributed by atoms with Crippen LogP contribution in [0.3, 0.4) is 0 Å². The number of amides is 6. The van der Waals surface area contributed by atoms with Crippen LogP contribution in [0.1, 0.15) is 119 Å². The van der Waals surface area contributed by atoms with E-state index >= 15 is 0 Å². The first-order chi connectivity index (χ1) is 28.0. The number of benzene rings is 1. The number of hydrogen-bond donors (Lipinski definition) is 6. The molecule has 1 aliphatic rings. The van der Waals surface area contributed by atoms with Crippen molar-refractivity contribution >= 4 is 53.9 Å². The van der Waals surface area contributed by atoms with Crippen molar-refractivity contribution in [2.24, 2.45) is 23.5 Å². The minimum Gasteiger partial charge on any atom is -0.650 e. The molecule has 0 spiro atoms. The Bertz CT molecular complexity index is 1350. The Morgan fingerprint density at radius 2 is 1.46 bits per heavy atom. The molecule has 6 amide bonds. The van der Waals surface area contributed by atoms with E-state index in [1.165, 1.54) is 25.0 Å². The van der Waals surface area contributed by atoms with E-state index in [0.29, 0.717) is 49.8 Å². The normalized spacial score (nSPS) is 11.3. The maximum absolute atomic E-state index is 12.6. The monoisotopic (exact) mass is 872 g/mol. The van der Waals surface area contributed by atoms with Crippen LogP contribution in [-0.2, 0) is 49.7 Å². The number of aliphatic hydroxyl groups excluding tert-OH is 1. The summed E-state index contributed by atoms with van der Waals surface area (Å²) in [4.78, 5) is 91.0. The number of unbranched alkanes of at least 4 members (excludes halogenated alkanes) is 3. The van der Waals surface area contributed by atoms with E-state index in [2.05, 4.69) is 59.4 Å². The molecule has 1 aromatic rings. The number of rotatable bonds is 23. The van der Waals surface area contributed by atoms with Crippen molar-refractivity contribution in [3.8, 4) is 0 Å². The molecule has 61 heavy (non-hydrogen) atoms. The number of Topliss-reactive ketones (excluding diaryl/α,β-unsaturated/α-hetero) is 1. The van der Waals surface area contributed by atoms with E-state index in [4.69, 9.17) is 9.90 Å². The van der Waals surface area contributed by atoms with Crippen molar-refractivity contribution in [2.75, 3.05) is 38.6 Å². The molecule has 16 nitrogen and oxygen atoms in total. The molecule has 17 heteroatoms. The summed E-state index contributed by atoms with van der Waals surface area (Å²) in [5, 5.41) is 19.0. The molecule has 2 rings (SSSR count). The van der Waals surface area contributed by atoms with E-state index in [1.807, 2.05) is 20.9 Å². The van der Waals surface area contributed by atoms with Crippen LogP contribution in [0.25, 0.3) is 0 Å². The molecule has 344 valence electrons. The minimum atomic E-state index is -0.801. The Balaban J connectivity index is -0.000000342. The van der Waals surface area contributed by atoms with Gasteiger partial charge >= 0.3 is 29.6 Å². The molecule has 0 aromatic heterocycles. The van der Waals surface area contributed by atoms with E-state index in [-0.39, 0.29) is 92.5 Å². The molecule has 1 aromatic carbocycles. The summed E-state index contributed by atoms with van der Waals surface area (Å²) in [5.74, 6) is -0.771. The topological polar surface area (TPSA) is 243 Å². The second-order valence-corrected chi connectivity index (χ2v) is 14.5. The van der Waals surface area contributed by atoms with Gasteiger partial charge in [0.2, 0.25) is 24.1 Å². The van der Waals surface area contributed by atoms with Gasteiger partial charge in [-0.25, -0.2) is 0 Å². The van der Waals surface area contributed by atoms with Crippen LogP contribution in [-0.4, -0.2) is 97.5 Å². The van der Waals surface area contributed by atoms with E-state index in [9.17, 15) is 33.6 Å². The van der Waals surface area contributed by atoms with Crippen LogP contribution in [0.15, 0.2) is 36.4 Å². The Morgan fingerprint density at radius 1 is 0.885 bits per heavy atom. The molecule has 1 aliphatic heterocycles. The Hall–Kier alpha value is -3.96. The average Bonchev–Trinajstić information content (AvgIpc) is 3.51. The summed E-state index contributed by atoms with van der Waals surface area (Å²) in [7, 11) is 1.96. The number of nitrogens with two attached hydrogens (primary N) is 1. The Kier molecular flexibility index (Phi) is 47.8. The van der Waals surface area contributed by atoms with Gasteiger partial charge in [0.25, 0.3) is 11.8 Å².